The van der Waals surface area contributed by atoms with Gasteiger partial charge in [0, 0.05) is 38.1 Å². The van der Waals surface area contributed by atoms with Crippen molar-refractivity contribution in [2.24, 2.45) is 0 Å². The maximum absolute atomic E-state index is 12.5. The second-order valence-electron chi connectivity index (χ2n) is 6.40. The van der Waals surface area contributed by atoms with Crippen molar-refractivity contribution >= 4 is 17.6 Å². The van der Waals surface area contributed by atoms with Gasteiger partial charge in [0.15, 0.2) is 0 Å². The van der Waals surface area contributed by atoms with Crippen molar-refractivity contribution in [3.8, 4) is 17.6 Å². The SMILES string of the molecule is Cc1cc(NC(=O)N2CCN(C(=O)CC#N)CC2)ccc1Oc1cccnc1. The molecule has 2 aromatic rings. The second-order valence-corrected chi connectivity index (χ2v) is 6.40. The van der Waals surface area contributed by atoms with E-state index >= 15 is 0 Å². The first-order valence-corrected chi connectivity index (χ1v) is 8.96. The molecule has 0 bridgehead atoms. The number of anilines is 1. The Morgan fingerprint density at radius 2 is 1.96 bits per heavy atom. The Balaban J connectivity index is 1.55. The highest BCUT2D eigenvalue weighted by Gasteiger charge is 2.24. The van der Waals surface area contributed by atoms with E-state index in [0.717, 1.165) is 5.56 Å². The lowest BCUT2D eigenvalue weighted by Gasteiger charge is -2.34. The number of rotatable bonds is 4. The van der Waals surface area contributed by atoms with Crippen molar-refractivity contribution in [3.63, 3.8) is 0 Å². The summed E-state index contributed by atoms with van der Waals surface area (Å²) in [6.07, 6.45) is 3.19. The summed E-state index contributed by atoms with van der Waals surface area (Å²) < 4.78 is 5.79. The smallest absolute Gasteiger partial charge is 0.321 e. The molecule has 2 heterocycles. The zero-order valence-corrected chi connectivity index (χ0v) is 15.6. The summed E-state index contributed by atoms with van der Waals surface area (Å²) in [5.74, 6) is 1.14. The average Bonchev–Trinajstić information content (AvgIpc) is 2.71. The lowest BCUT2D eigenvalue weighted by atomic mass is 10.2. The van der Waals surface area contributed by atoms with Crippen molar-refractivity contribution in [2.75, 3.05) is 31.5 Å². The minimum Gasteiger partial charge on any atom is -0.455 e. The van der Waals surface area contributed by atoms with Gasteiger partial charge in [-0.1, -0.05) is 0 Å². The molecule has 3 amide bonds. The van der Waals surface area contributed by atoms with E-state index in [1.54, 1.807) is 40.4 Å². The lowest BCUT2D eigenvalue weighted by Crippen LogP contribution is -2.51. The van der Waals surface area contributed by atoms with Crippen LogP contribution in [0.15, 0.2) is 42.7 Å². The van der Waals surface area contributed by atoms with Crippen LogP contribution in [0.25, 0.3) is 0 Å². The van der Waals surface area contributed by atoms with Gasteiger partial charge in [0.05, 0.1) is 12.3 Å². The summed E-state index contributed by atoms with van der Waals surface area (Å²) in [7, 11) is 0. The van der Waals surface area contributed by atoms with Crippen LogP contribution in [0.4, 0.5) is 10.5 Å². The fourth-order valence-electron chi connectivity index (χ4n) is 2.92. The maximum Gasteiger partial charge on any atom is 0.321 e. The number of nitrogens with zero attached hydrogens (tertiary/aromatic N) is 4. The Morgan fingerprint density at radius 1 is 1.21 bits per heavy atom. The number of carbonyl (C=O) groups excluding carboxylic acids is 2. The number of piperazine rings is 1. The molecule has 0 saturated carbocycles. The van der Waals surface area contributed by atoms with Crippen molar-refractivity contribution in [1.29, 1.82) is 5.26 Å². The van der Waals surface area contributed by atoms with E-state index in [-0.39, 0.29) is 18.4 Å². The predicted molar refractivity (Wildman–Crippen MR) is 103 cm³/mol. The summed E-state index contributed by atoms with van der Waals surface area (Å²) >= 11 is 0. The van der Waals surface area contributed by atoms with E-state index in [9.17, 15) is 9.59 Å². The number of pyridine rings is 1. The molecular weight excluding hydrogens is 358 g/mol. The van der Waals surface area contributed by atoms with Crippen LogP contribution in [0.2, 0.25) is 0 Å². The summed E-state index contributed by atoms with van der Waals surface area (Å²) in [5.41, 5.74) is 1.55. The molecule has 144 valence electrons. The Bertz CT molecular complexity index is 886. The zero-order chi connectivity index (χ0) is 19.9. The third-order valence-electron chi connectivity index (χ3n) is 4.44. The molecule has 1 aromatic heterocycles. The highest BCUT2D eigenvalue weighted by atomic mass is 16.5. The molecule has 3 rings (SSSR count). The number of amides is 3. The molecule has 28 heavy (non-hydrogen) atoms. The normalized spacial score (nSPS) is 13.6. The monoisotopic (exact) mass is 379 g/mol. The third kappa shape index (κ3) is 4.76. The molecule has 8 nitrogen and oxygen atoms in total. The Hall–Kier alpha value is -3.60. The molecule has 0 atom stereocenters. The molecule has 1 fully saturated rings. The Kier molecular flexibility index (Phi) is 6.07. The number of nitrogens with one attached hydrogen (secondary N) is 1. The topological polar surface area (TPSA) is 98.6 Å². The minimum absolute atomic E-state index is 0.126. The van der Waals surface area contributed by atoms with Crippen LogP contribution < -0.4 is 10.1 Å². The molecule has 1 N–H and O–H groups in total. The fraction of sp³-hybridized carbons (Fsp3) is 0.300. The number of benzene rings is 1. The summed E-state index contributed by atoms with van der Waals surface area (Å²) in [6.45, 7) is 3.64. The van der Waals surface area contributed by atoms with Crippen molar-refractivity contribution < 1.29 is 14.3 Å². The van der Waals surface area contributed by atoms with E-state index in [1.807, 2.05) is 25.1 Å². The molecule has 0 spiro atoms. The van der Waals surface area contributed by atoms with Crippen LogP contribution in [-0.4, -0.2) is 52.9 Å². The van der Waals surface area contributed by atoms with Crippen LogP contribution in [0.5, 0.6) is 11.5 Å². The highest BCUT2D eigenvalue weighted by Crippen LogP contribution is 2.27. The fourth-order valence-corrected chi connectivity index (χ4v) is 2.92. The van der Waals surface area contributed by atoms with Gasteiger partial charge in [0.1, 0.15) is 17.9 Å². The number of aromatic nitrogens is 1. The largest absolute Gasteiger partial charge is 0.455 e. The van der Waals surface area contributed by atoms with E-state index < -0.39 is 0 Å². The van der Waals surface area contributed by atoms with E-state index in [1.165, 1.54) is 0 Å². The Morgan fingerprint density at radius 3 is 2.61 bits per heavy atom. The van der Waals surface area contributed by atoms with Crippen LogP contribution in [-0.2, 0) is 4.79 Å². The van der Waals surface area contributed by atoms with Gasteiger partial charge in [-0.2, -0.15) is 5.26 Å². The molecule has 0 unspecified atom stereocenters. The number of nitriles is 1. The molecule has 1 saturated heterocycles. The first kappa shape index (κ1) is 19.2. The standard InChI is InChI=1S/C20H21N5O3/c1-15-13-16(4-5-18(15)28-17-3-2-8-22-14-17)23-20(27)25-11-9-24(10-12-25)19(26)6-7-21/h2-5,8,13-14H,6,9-12H2,1H3,(H,23,27). The van der Waals surface area contributed by atoms with Gasteiger partial charge in [-0.05, 0) is 42.8 Å². The molecular formula is C20H21N5O3. The van der Waals surface area contributed by atoms with Crippen LogP contribution >= 0.6 is 0 Å². The molecule has 1 aliphatic rings. The van der Waals surface area contributed by atoms with Gasteiger partial charge in [-0.15, -0.1) is 0 Å². The maximum atomic E-state index is 12.5. The zero-order valence-electron chi connectivity index (χ0n) is 15.6. The number of aryl methyl sites for hydroxylation is 1. The van der Waals surface area contributed by atoms with Gasteiger partial charge in [0.2, 0.25) is 5.91 Å². The molecule has 0 radical (unpaired) electrons. The number of hydrogen-bond acceptors (Lipinski definition) is 5. The minimum atomic E-state index is -0.215. The first-order chi connectivity index (χ1) is 13.6. The van der Waals surface area contributed by atoms with Gasteiger partial charge in [-0.3, -0.25) is 9.78 Å². The third-order valence-corrected chi connectivity index (χ3v) is 4.44. The van der Waals surface area contributed by atoms with E-state index in [0.29, 0.717) is 43.4 Å². The van der Waals surface area contributed by atoms with Crippen molar-refractivity contribution in [2.45, 2.75) is 13.3 Å². The molecule has 8 heteroatoms. The van der Waals surface area contributed by atoms with Crippen molar-refractivity contribution in [3.05, 3.63) is 48.3 Å². The molecule has 0 aliphatic carbocycles. The quantitative estimate of drug-likeness (QED) is 0.881. The van der Waals surface area contributed by atoms with Gasteiger partial charge < -0.3 is 19.9 Å². The Labute approximate surface area is 163 Å². The molecule has 1 aromatic carbocycles. The van der Waals surface area contributed by atoms with Gasteiger partial charge >= 0.3 is 6.03 Å². The second kappa shape index (κ2) is 8.86. The van der Waals surface area contributed by atoms with Crippen LogP contribution in [0.1, 0.15) is 12.0 Å². The summed E-state index contributed by atoms with van der Waals surface area (Å²) in [4.78, 5) is 31.5. The number of carbonyl (C=O) groups is 2. The van der Waals surface area contributed by atoms with Crippen LogP contribution in [0.3, 0.4) is 0 Å². The predicted octanol–water partition coefficient (Wildman–Crippen LogP) is 2.77. The summed E-state index contributed by atoms with van der Waals surface area (Å²) in [6, 6.07) is 10.7. The van der Waals surface area contributed by atoms with E-state index in [2.05, 4.69) is 10.3 Å². The van der Waals surface area contributed by atoms with Gasteiger partial charge in [0.25, 0.3) is 0 Å². The average molecular weight is 379 g/mol. The van der Waals surface area contributed by atoms with Crippen LogP contribution in [0, 0.1) is 18.3 Å². The summed E-state index contributed by atoms with van der Waals surface area (Å²) in [5, 5.41) is 11.5. The molecule has 1 aliphatic heterocycles. The first-order valence-electron chi connectivity index (χ1n) is 8.96. The van der Waals surface area contributed by atoms with E-state index in [4.69, 9.17) is 10.00 Å². The lowest BCUT2D eigenvalue weighted by molar-refractivity contribution is -0.131. The number of hydrogen-bond donors (Lipinski definition) is 1. The van der Waals surface area contributed by atoms with Gasteiger partial charge in [-0.25, -0.2) is 4.79 Å². The van der Waals surface area contributed by atoms with Crippen molar-refractivity contribution in [1.82, 2.24) is 14.8 Å². The number of urea groups is 1. The highest BCUT2D eigenvalue weighted by molar-refractivity contribution is 5.89. The number of ether oxygens (including phenoxy) is 1.